The molecule has 23 heavy (non-hydrogen) atoms. The van der Waals surface area contributed by atoms with Gasteiger partial charge in [-0.3, -0.25) is 4.79 Å². The highest BCUT2D eigenvalue weighted by Gasteiger charge is 2.10. The second-order valence-corrected chi connectivity index (χ2v) is 5.01. The molecule has 0 radical (unpaired) electrons. The van der Waals surface area contributed by atoms with Gasteiger partial charge in [0, 0.05) is 18.2 Å². The Labute approximate surface area is 133 Å². The quantitative estimate of drug-likeness (QED) is 0.593. The van der Waals surface area contributed by atoms with E-state index >= 15 is 0 Å². The average molecular weight is 308 g/mol. The van der Waals surface area contributed by atoms with Crippen molar-refractivity contribution in [2.45, 2.75) is 13.5 Å². The van der Waals surface area contributed by atoms with Crippen LogP contribution in [0, 0.1) is 5.21 Å². The molecule has 2 heterocycles. The Morgan fingerprint density at radius 1 is 1.22 bits per heavy atom. The van der Waals surface area contributed by atoms with Crippen LogP contribution in [0.1, 0.15) is 6.92 Å². The molecule has 0 fully saturated rings. The maximum atomic E-state index is 12.4. The van der Waals surface area contributed by atoms with E-state index in [2.05, 4.69) is 10.4 Å². The summed E-state index contributed by atoms with van der Waals surface area (Å²) in [5.74, 6) is 0. The predicted molar refractivity (Wildman–Crippen MR) is 88.3 cm³/mol. The van der Waals surface area contributed by atoms with E-state index in [9.17, 15) is 10.0 Å². The maximum absolute atomic E-state index is 12.4. The number of hydrogen-bond donors (Lipinski definition) is 1. The molecule has 6 heteroatoms. The Kier molecular flexibility index (Phi) is 4.05. The summed E-state index contributed by atoms with van der Waals surface area (Å²) in [6.45, 7) is 2.33. The minimum atomic E-state index is -0.228. The Morgan fingerprint density at radius 2 is 2.00 bits per heavy atom. The minimum Gasteiger partial charge on any atom is -0.619 e. The Balaban J connectivity index is 2.07. The van der Waals surface area contributed by atoms with Crippen molar-refractivity contribution in [1.82, 2.24) is 9.78 Å². The molecule has 0 unspecified atom stereocenters. The summed E-state index contributed by atoms with van der Waals surface area (Å²) in [6, 6.07) is 14.7. The number of aryl methyl sites for hydroxylation is 1. The molecule has 0 aliphatic carbocycles. The fourth-order valence-electron chi connectivity index (χ4n) is 2.28. The molecule has 0 saturated carbocycles. The van der Waals surface area contributed by atoms with Gasteiger partial charge in [-0.05, 0) is 19.1 Å². The van der Waals surface area contributed by atoms with Crippen LogP contribution in [-0.2, 0) is 6.54 Å². The molecule has 2 aromatic heterocycles. The van der Waals surface area contributed by atoms with E-state index in [0.29, 0.717) is 28.3 Å². The Bertz CT molecular complexity index is 875. The Morgan fingerprint density at radius 3 is 2.70 bits per heavy atom. The molecule has 3 aromatic rings. The number of pyridine rings is 1. The normalized spacial score (nSPS) is 10.5. The van der Waals surface area contributed by atoms with E-state index in [0.717, 1.165) is 5.56 Å². The van der Waals surface area contributed by atoms with Crippen LogP contribution in [0.4, 0.5) is 11.4 Å². The topological polar surface area (TPSA) is 73.9 Å². The van der Waals surface area contributed by atoms with Gasteiger partial charge in [-0.2, -0.15) is 9.83 Å². The first-order chi connectivity index (χ1) is 11.2. The summed E-state index contributed by atoms with van der Waals surface area (Å²) in [5, 5.41) is 18.7. The predicted octanol–water partition coefficient (Wildman–Crippen LogP) is 2.31. The van der Waals surface area contributed by atoms with E-state index in [-0.39, 0.29) is 5.56 Å². The van der Waals surface area contributed by atoms with Crippen LogP contribution in [0.15, 0.2) is 65.7 Å². The van der Waals surface area contributed by atoms with Gasteiger partial charge < -0.3 is 10.5 Å². The van der Waals surface area contributed by atoms with Gasteiger partial charge in [0.1, 0.15) is 11.4 Å². The molecule has 0 amide bonds. The van der Waals surface area contributed by atoms with Crippen molar-refractivity contribution >= 4 is 11.4 Å². The number of benzene rings is 1. The molecule has 0 aliphatic rings. The molecule has 116 valence electrons. The van der Waals surface area contributed by atoms with Crippen LogP contribution < -0.4 is 15.6 Å². The lowest BCUT2D eigenvalue weighted by Gasteiger charge is -2.10. The molecular formula is C17H16N4O2. The van der Waals surface area contributed by atoms with E-state index in [1.807, 2.05) is 37.3 Å². The second-order valence-electron chi connectivity index (χ2n) is 5.01. The molecule has 0 saturated heterocycles. The minimum absolute atomic E-state index is 0.228. The van der Waals surface area contributed by atoms with Crippen molar-refractivity contribution in [3.63, 3.8) is 0 Å². The summed E-state index contributed by atoms with van der Waals surface area (Å²) in [5.41, 5.74) is 2.32. The van der Waals surface area contributed by atoms with Crippen molar-refractivity contribution < 1.29 is 4.73 Å². The third kappa shape index (κ3) is 3.21. The second kappa shape index (κ2) is 6.31. The van der Waals surface area contributed by atoms with Crippen LogP contribution in [0.2, 0.25) is 0 Å². The van der Waals surface area contributed by atoms with Gasteiger partial charge in [0.2, 0.25) is 6.20 Å². The van der Waals surface area contributed by atoms with Gasteiger partial charge >= 0.3 is 0 Å². The average Bonchev–Trinajstić information content (AvgIpc) is 2.57. The van der Waals surface area contributed by atoms with Crippen molar-refractivity contribution in [2.24, 2.45) is 0 Å². The van der Waals surface area contributed by atoms with Gasteiger partial charge in [-0.15, -0.1) is 0 Å². The van der Waals surface area contributed by atoms with E-state index in [1.54, 1.807) is 18.2 Å². The SMILES string of the molecule is CCn1nc(-c2ccccc2)cc(Nc2ccc[n+]([O-])c2)c1=O. The van der Waals surface area contributed by atoms with Crippen molar-refractivity contribution in [1.29, 1.82) is 0 Å². The first-order valence-electron chi connectivity index (χ1n) is 7.31. The largest absolute Gasteiger partial charge is 0.619 e. The van der Waals surface area contributed by atoms with E-state index in [4.69, 9.17) is 0 Å². The zero-order chi connectivity index (χ0) is 16.2. The zero-order valence-electron chi connectivity index (χ0n) is 12.6. The molecule has 0 bridgehead atoms. The van der Waals surface area contributed by atoms with Gasteiger partial charge in [0.15, 0.2) is 6.20 Å². The van der Waals surface area contributed by atoms with Crippen LogP contribution in [-0.4, -0.2) is 9.78 Å². The molecular weight excluding hydrogens is 292 g/mol. The smallest absolute Gasteiger partial charge is 0.290 e. The Hall–Kier alpha value is -3.15. The van der Waals surface area contributed by atoms with Crippen molar-refractivity contribution in [3.8, 4) is 11.3 Å². The maximum Gasteiger partial charge on any atom is 0.290 e. The molecule has 0 spiro atoms. The highest BCUT2D eigenvalue weighted by molar-refractivity contribution is 5.66. The number of anilines is 2. The summed E-state index contributed by atoms with van der Waals surface area (Å²) in [4.78, 5) is 12.4. The van der Waals surface area contributed by atoms with Gasteiger partial charge in [-0.1, -0.05) is 30.3 Å². The van der Waals surface area contributed by atoms with Crippen LogP contribution in [0.25, 0.3) is 11.3 Å². The monoisotopic (exact) mass is 308 g/mol. The summed E-state index contributed by atoms with van der Waals surface area (Å²) >= 11 is 0. The third-order valence-corrected chi connectivity index (χ3v) is 3.40. The lowest BCUT2D eigenvalue weighted by molar-refractivity contribution is -0.604. The molecule has 0 aliphatic heterocycles. The van der Waals surface area contributed by atoms with E-state index in [1.165, 1.54) is 17.1 Å². The van der Waals surface area contributed by atoms with Gasteiger partial charge in [0.05, 0.1) is 5.69 Å². The number of hydrogen-bond acceptors (Lipinski definition) is 4. The van der Waals surface area contributed by atoms with Crippen molar-refractivity contribution in [2.75, 3.05) is 5.32 Å². The highest BCUT2D eigenvalue weighted by Crippen LogP contribution is 2.19. The fraction of sp³-hybridized carbons (Fsp3) is 0.118. The summed E-state index contributed by atoms with van der Waals surface area (Å²) < 4.78 is 2.08. The molecule has 6 nitrogen and oxygen atoms in total. The molecule has 1 N–H and O–H groups in total. The van der Waals surface area contributed by atoms with Crippen molar-refractivity contribution in [3.05, 3.63) is 76.5 Å². The zero-order valence-corrected chi connectivity index (χ0v) is 12.6. The number of aromatic nitrogens is 3. The first-order valence-corrected chi connectivity index (χ1v) is 7.31. The van der Waals surface area contributed by atoms with Crippen LogP contribution in [0.5, 0.6) is 0 Å². The number of rotatable bonds is 4. The summed E-state index contributed by atoms with van der Waals surface area (Å²) in [6.07, 6.45) is 2.76. The number of nitrogens with one attached hydrogen (secondary N) is 1. The lowest BCUT2D eigenvalue weighted by Crippen LogP contribution is -2.27. The number of nitrogens with zero attached hydrogens (tertiary/aromatic N) is 3. The molecule has 0 atom stereocenters. The van der Waals surface area contributed by atoms with Crippen LogP contribution in [0.3, 0.4) is 0 Å². The summed E-state index contributed by atoms with van der Waals surface area (Å²) in [7, 11) is 0. The van der Waals surface area contributed by atoms with Crippen LogP contribution >= 0.6 is 0 Å². The van der Waals surface area contributed by atoms with Gasteiger partial charge in [0.25, 0.3) is 5.56 Å². The standard InChI is InChI=1S/C17H16N4O2/c1-2-21-17(22)16(18-14-9-6-10-20(23)12-14)11-15(19-21)13-7-4-3-5-8-13/h3-12,18H,2H2,1H3. The fourth-order valence-corrected chi connectivity index (χ4v) is 2.28. The molecule has 3 rings (SSSR count). The van der Waals surface area contributed by atoms with E-state index < -0.39 is 0 Å². The highest BCUT2D eigenvalue weighted by atomic mass is 16.5. The first kappa shape index (κ1) is 14.8. The lowest BCUT2D eigenvalue weighted by atomic mass is 10.1. The van der Waals surface area contributed by atoms with Gasteiger partial charge in [-0.25, -0.2) is 4.68 Å². The molecule has 1 aromatic carbocycles. The third-order valence-electron chi connectivity index (χ3n) is 3.40.